The first-order valence-electron chi connectivity index (χ1n) is 3.05. The minimum absolute atomic E-state index is 0.00787. The summed E-state index contributed by atoms with van der Waals surface area (Å²) in [4.78, 5) is 12.4. The van der Waals surface area contributed by atoms with Gasteiger partial charge in [0.25, 0.3) is 0 Å². The fourth-order valence-corrected chi connectivity index (χ4v) is 0.786. The SMILES string of the molecule is C#CC1CN(C)C(=O)CO1. The van der Waals surface area contributed by atoms with E-state index in [9.17, 15) is 4.79 Å². The van der Waals surface area contributed by atoms with Crippen LogP contribution < -0.4 is 0 Å². The molecule has 3 heteroatoms. The molecule has 0 aliphatic carbocycles. The van der Waals surface area contributed by atoms with E-state index in [0.717, 1.165) is 0 Å². The highest BCUT2D eigenvalue weighted by Gasteiger charge is 2.20. The molecule has 1 heterocycles. The van der Waals surface area contributed by atoms with E-state index < -0.39 is 0 Å². The van der Waals surface area contributed by atoms with Crippen molar-refractivity contribution in [3.8, 4) is 12.3 Å². The Morgan fingerprint density at radius 1 is 1.90 bits per heavy atom. The second-order valence-corrected chi connectivity index (χ2v) is 2.24. The topological polar surface area (TPSA) is 29.5 Å². The fourth-order valence-electron chi connectivity index (χ4n) is 0.786. The fraction of sp³-hybridized carbons (Fsp3) is 0.571. The number of hydrogen-bond acceptors (Lipinski definition) is 2. The number of hydrogen-bond donors (Lipinski definition) is 0. The van der Waals surface area contributed by atoms with Gasteiger partial charge in [0.15, 0.2) is 0 Å². The number of nitrogens with zero attached hydrogens (tertiary/aromatic N) is 1. The average Bonchev–Trinajstić information content (AvgIpc) is 1.95. The highest BCUT2D eigenvalue weighted by molar-refractivity contribution is 5.77. The van der Waals surface area contributed by atoms with Crippen LogP contribution in [-0.2, 0) is 9.53 Å². The molecule has 0 bridgehead atoms. The molecule has 54 valence electrons. The Morgan fingerprint density at radius 2 is 2.60 bits per heavy atom. The maximum Gasteiger partial charge on any atom is 0.248 e. The largest absolute Gasteiger partial charge is 0.354 e. The van der Waals surface area contributed by atoms with Gasteiger partial charge in [-0.05, 0) is 0 Å². The lowest BCUT2D eigenvalue weighted by atomic mass is 10.3. The number of terminal acetylenes is 1. The van der Waals surface area contributed by atoms with Gasteiger partial charge in [-0.3, -0.25) is 4.79 Å². The van der Waals surface area contributed by atoms with E-state index in [2.05, 4.69) is 5.92 Å². The lowest BCUT2D eigenvalue weighted by molar-refractivity contribution is -0.143. The molecule has 1 unspecified atom stereocenters. The first-order chi connectivity index (χ1) is 4.74. The van der Waals surface area contributed by atoms with E-state index in [1.54, 1.807) is 11.9 Å². The summed E-state index contributed by atoms with van der Waals surface area (Å²) in [5.74, 6) is 2.43. The van der Waals surface area contributed by atoms with Crippen molar-refractivity contribution >= 4 is 5.91 Å². The van der Waals surface area contributed by atoms with Crippen LogP contribution in [0, 0.1) is 12.3 Å². The molecule has 3 nitrogen and oxygen atoms in total. The van der Waals surface area contributed by atoms with Crippen LogP contribution in [0.2, 0.25) is 0 Å². The Kier molecular flexibility index (Phi) is 1.93. The molecule has 0 aromatic rings. The van der Waals surface area contributed by atoms with Crippen LogP contribution in [0.4, 0.5) is 0 Å². The zero-order valence-corrected chi connectivity index (χ0v) is 5.83. The monoisotopic (exact) mass is 139 g/mol. The first kappa shape index (κ1) is 7.10. The molecule has 1 aliphatic heterocycles. The molecule has 0 spiro atoms. The Hall–Kier alpha value is -1.01. The molecule has 0 aromatic carbocycles. The maximum absolute atomic E-state index is 10.8. The van der Waals surface area contributed by atoms with Crippen molar-refractivity contribution < 1.29 is 9.53 Å². The lowest BCUT2D eigenvalue weighted by Crippen LogP contribution is -2.43. The van der Waals surface area contributed by atoms with Gasteiger partial charge in [0.1, 0.15) is 12.7 Å². The lowest BCUT2D eigenvalue weighted by Gasteiger charge is -2.26. The number of amides is 1. The van der Waals surface area contributed by atoms with Gasteiger partial charge in [-0.1, -0.05) is 5.92 Å². The van der Waals surface area contributed by atoms with Gasteiger partial charge in [0.2, 0.25) is 5.91 Å². The third-order valence-corrected chi connectivity index (χ3v) is 1.46. The van der Waals surface area contributed by atoms with Crippen LogP contribution in [0.15, 0.2) is 0 Å². The predicted octanol–water partition coefficient (Wildman–Crippen LogP) is -0.523. The highest BCUT2D eigenvalue weighted by atomic mass is 16.5. The Bertz CT molecular complexity index is 183. The van der Waals surface area contributed by atoms with E-state index in [0.29, 0.717) is 6.54 Å². The summed E-state index contributed by atoms with van der Waals surface area (Å²) in [7, 11) is 1.72. The van der Waals surface area contributed by atoms with Crippen LogP contribution in [0.5, 0.6) is 0 Å². The average molecular weight is 139 g/mol. The van der Waals surface area contributed by atoms with Crippen molar-refractivity contribution in [3.05, 3.63) is 0 Å². The molecular formula is C7H9NO2. The molecule has 0 aromatic heterocycles. The molecule has 0 N–H and O–H groups in total. The highest BCUT2D eigenvalue weighted by Crippen LogP contribution is 2.01. The van der Waals surface area contributed by atoms with Gasteiger partial charge in [-0.15, -0.1) is 6.42 Å². The van der Waals surface area contributed by atoms with Crippen LogP contribution in [-0.4, -0.2) is 37.1 Å². The Morgan fingerprint density at radius 3 is 3.10 bits per heavy atom. The Balaban J connectivity index is 2.50. The third kappa shape index (κ3) is 1.28. The third-order valence-electron chi connectivity index (χ3n) is 1.46. The van der Waals surface area contributed by atoms with E-state index in [1.165, 1.54) is 0 Å². The summed E-state index contributed by atoms with van der Waals surface area (Å²) in [5.41, 5.74) is 0. The zero-order chi connectivity index (χ0) is 7.56. The molecule has 10 heavy (non-hydrogen) atoms. The summed E-state index contributed by atoms with van der Waals surface area (Å²) in [6.07, 6.45) is 4.88. The molecule has 1 fully saturated rings. The quantitative estimate of drug-likeness (QED) is 0.422. The van der Waals surface area contributed by atoms with Crippen molar-refractivity contribution in [2.24, 2.45) is 0 Å². The standard InChI is InChI=1S/C7H9NO2/c1-3-6-4-8(2)7(9)5-10-6/h1,6H,4-5H2,2H3. The van der Waals surface area contributed by atoms with E-state index in [4.69, 9.17) is 11.2 Å². The number of ether oxygens (including phenoxy) is 1. The first-order valence-corrected chi connectivity index (χ1v) is 3.05. The number of morpholine rings is 1. The molecule has 1 saturated heterocycles. The van der Waals surface area contributed by atoms with Crippen LogP contribution >= 0.6 is 0 Å². The van der Waals surface area contributed by atoms with Gasteiger partial charge in [0.05, 0.1) is 6.54 Å². The van der Waals surface area contributed by atoms with Gasteiger partial charge in [-0.2, -0.15) is 0 Å². The normalized spacial score (nSPS) is 26.2. The summed E-state index contributed by atoms with van der Waals surface area (Å²) in [6.45, 7) is 0.626. The van der Waals surface area contributed by atoms with Crippen molar-refractivity contribution in [3.63, 3.8) is 0 Å². The van der Waals surface area contributed by atoms with Crippen LogP contribution in [0.3, 0.4) is 0 Å². The predicted molar refractivity (Wildman–Crippen MR) is 36.2 cm³/mol. The molecule has 1 rings (SSSR count). The smallest absolute Gasteiger partial charge is 0.248 e. The summed E-state index contributed by atoms with van der Waals surface area (Å²) in [5, 5.41) is 0. The molecule has 1 atom stereocenters. The van der Waals surface area contributed by atoms with Gasteiger partial charge >= 0.3 is 0 Å². The molecular weight excluding hydrogens is 130 g/mol. The Labute approximate surface area is 60.0 Å². The van der Waals surface area contributed by atoms with Crippen LogP contribution in [0.1, 0.15) is 0 Å². The minimum atomic E-state index is -0.220. The summed E-state index contributed by atoms with van der Waals surface area (Å²) < 4.78 is 4.98. The van der Waals surface area contributed by atoms with Crippen molar-refractivity contribution in [1.82, 2.24) is 4.90 Å². The van der Waals surface area contributed by atoms with Gasteiger partial charge in [-0.25, -0.2) is 0 Å². The van der Waals surface area contributed by atoms with Gasteiger partial charge in [0, 0.05) is 7.05 Å². The maximum atomic E-state index is 10.8. The van der Waals surface area contributed by atoms with E-state index >= 15 is 0 Å². The summed E-state index contributed by atoms with van der Waals surface area (Å²) >= 11 is 0. The summed E-state index contributed by atoms with van der Waals surface area (Å²) in [6, 6.07) is 0. The van der Waals surface area contributed by atoms with E-state index in [-0.39, 0.29) is 18.6 Å². The number of rotatable bonds is 0. The second-order valence-electron chi connectivity index (χ2n) is 2.24. The second kappa shape index (κ2) is 2.72. The molecule has 0 radical (unpaired) electrons. The molecule has 1 aliphatic rings. The number of likely N-dealkylation sites (N-methyl/N-ethyl adjacent to an activating group) is 1. The molecule has 0 saturated carbocycles. The van der Waals surface area contributed by atoms with Crippen molar-refractivity contribution in [2.45, 2.75) is 6.10 Å². The number of carbonyl (C=O) groups excluding carboxylic acids is 1. The van der Waals surface area contributed by atoms with E-state index in [1.807, 2.05) is 0 Å². The minimum Gasteiger partial charge on any atom is -0.354 e. The van der Waals surface area contributed by atoms with Crippen molar-refractivity contribution in [2.75, 3.05) is 20.2 Å². The number of carbonyl (C=O) groups is 1. The van der Waals surface area contributed by atoms with Gasteiger partial charge < -0.3 is 9.64 Å². The zero-order valence-electron chi connectivity index (χ0n) is 5.83. The molecule has 1 amide bonds. The van der Waals surface area contributed by atoms with Crippen LogP contribution in [0.25, 0.3) is 0 Å². The van der Waals surface area contributed by atoms with Crippen molar-refractivity contribution in [1.29, 1.82) is 0 Å².